The first-order chi connectivity index (χ1) is 33.0. The third-order valence-corrected chi connectivity index (χ3v) is 13.3. The fourth-order valence-electron chi connectivity index (χ4n) is 9.96. The van der Waals surface area contributed by atoms with Gasteiger partial charge in [0.1, 0.15) is 0 Å². The van der Waals surface area contributed by atoms with Gasteiger partial charge in [0.25, 0.3) is 0 Å². The molecule has 11 rings (SSSR count). The molecule has 0 unspecified atom stereocenters. The van der Waals surface area contributed by atoms with Gasteiger partial charge in [0.05, 0.1) is 5.41 Å². The second-order valence-corrected chi connectivity index (χ2v) is 17.3. The maximum Gasteiger partial charge on any atom is 0.0714 e. The first-order valence-electron chi connectivity index (χ1n) is 22.9. The minimum atomic E-state index is -0.671. The molecule has 0 radical (unpaired) electrons. The highest BCUT2D eigenvalue weighted by Gasteiger charge is 2.46. The van der Waals surface area contributed by atoms with E-state index in [1.807, 2.05) is 24.3 Å². The van der Waals surface area contributed by atoms with Gasteiger partial charge in [-0.2, -0.15) is 0 Å². The number of nitrogens with two attached hydrogens (primary N) is 2. The van der Waals surface area contributed by atoms with Crippen LogP contribution in [0.5, 0.6) is 0 Å². The van der Waals surface area contributed by atoms with Crippen molar-refractivity contribution in [1.29, 1.82) is 0 Å². The van der Waals surface area contributed by atoms with Crippen LogP contribution < -0.4 is 11.5 Å². The van der Waals surface area contributed by atoms with E-state index in [4.69, 9.17) is 11.5 Å². The van der Waals surface area contributed by atoms with Gasteiger partial charge < -0.3 is 11.5 Å². The molecule has 0 aromatic heterocycles. The molecule has 0 heterocycles. The molecule has 2 heteroatoms. The Morgan fingerprint density at radius 2 is 0.612 bits per heavy atom. The zero-order chi connectivity index (χ0) is 45.2. The van der Waals surface area contributed by atoms with Crippen LogP contribution in [0.1, 0.15) is 55.6 Å². The number of benzene rings is 10. The molecule has 10 aromatic carbocycles. The van der Waals surface area contributed by atoms with E-state index in [9.17, 15) is 0 Å². The topological polar surface area (TPSA) is 52.0 Å². The highest BCUT2D eigenvalue weighted by molar-refractivity contribution is 5.94. The first kappa shape index (κ1) is 41.0. The van der Waals surface area contributed by atoms with Crippen LogP contribution in [-0.4, -0.2) is 0 Å². The van der Waals surface area contributed by atoms with Crippen LogP contribution in [0.4, 0.5) is 11.4 Å². The van der Waals surface area contributed by atoms with Gasteiger partial charge in [-0.3, -0.25) is 0 Å². The maximum atomic E-state index is 6.42. The third-order valence-electron chi connectivity index (χ3n) is 13.3. The lowest BCUT2D eigenvalue weighted by Crippen LogP contribution is -2.28. The number of anilines is 2. The summed E-state index contributed by atoms with van der Waals surface area (Å²) in [6.07, 6.45) is 4.55. The lowest BCUT2D eigenvalue weighted by molar-refractivity contribution is 0.769. The number of hydrogen-bond acceptors (Lipinski definition) is 2. The average Bonchev–Trinajstić information content (AvgIpc) is 3.68. The van der Waals surface area contributed by atoms with Crippen molar-refractivity contribution in [2.75, 3.05) is 11.5 Å². The second-order valence-electron chi connectivity index (χ2n) is 17.3. The Balaban J connectivity index is 1.04. The molecule has 0 saturated heterocycles. The number of hydrogen-bond donors (Lipinski definition) is 2. The second kappa shape index (κ2) is 17.7. The largest absolute Gasteiger partial charge is 0.399 e. The van der Waals surface area contributed by atoms with Crippen LogP contribution in [0.25, 0.3) is 56.7 Å². The Morgan fingerprint density at radius 3 is 0.970 bits per heavy atom. The van der Waals surface area contributed by atoms with Crippen molar-refractivity contribution < 1.29 is 0 Å². The van der Waals surface area contributed by atoms with Gasteiger partial charge in [0, 0.05) is 11.4 Å². The first-order valence-corrected chi connectivity index (χ1v) is 22.9. The highest BCUT2D eigenvalue weighted by atomic mass is 14.6. The van der Waals surface area contributed by atoms with Crippen molar-refractivity contribution in [3.8, 4) is 33.4 Å². The van der Waals surface area contributed by atoms with E-state index in [2.05, 4.69) is 243 Å². The molecule has 10 aromatic rings. The van der Waals surface area contributed by atoms with Crippen molar-refractivity contribution in [2.24, 2.45) is 0 Å². The lowest BCUT2D eigenvalue weighted by Gasteiger charge is -2.34. The predicted octanol–water partition coefficient (Wildman–Crippen LogP) is 15.7. The van der Waals surface area contributed by atoms with E-state index >= 15 is 0 Å². The molecule has 4 N–H and O–H groups in total. The molecule has 0 amide bonds. The number of nitrogen functional groups attached to an aromatic ring is 2. The number of fused-ring (bicyclic) bond motifs is 3. The van der Waals surface area contributed by atoms with Gasteiger partial charge in [0.15, 0.2) is 0 Å². The standard InChI is InChI=1S/C65H48N2/c66-57-35-31-55(32-36-57)65(56-33-37-58(67)38-34-56)63-43-53(47-21-25-51(26-22-47)61(49-17-9-3-10-18-49)41-45-13-5-1-6-14-45)29-39-59(63)60-40-30-54(44-64(60)65)48-23-27-52(28-24-48)62(50-19-11-4-12-20-50)42-46-15-7-2-8-16-46/h1-44H,66-67H2/b61-41+,62-42+. The fourth-order valence-corrected chi connectivity index (χ4v) is 9.96. The fraction of sp³-hybridized carbons (Fsp3) is 0.0154. The lowest BCUT2D eigenvalue weighted by atomic mass is 9.67. The molecule has 0 fully saturated rings. The summed E-state index contributed by atoms with van der Waals surface area (Å²) in [5.74, 6) is 0. The Kier molecular flexibility index (Phi) is 10.8. The maximum absolute atomic E-state index is 6.42. The summed E-state index contributed by atoms with van der Waals surface area (Å²) in [6, 6.07) is 91.3. The summed E-state index contributed by atoms with van der Waals surface area (Å²) in [4.78, 5) is 0. The smallest absolute Gasteiger partial charge is 0.0714 e. The minimum Gasteiger partial charge on any atom is -0.399 e. The highest BCUT2D eigenvalue weighted by Crippen LogP contribution is 2.57. The van der Waals surface area contributed by atoms with Gasteiger partial charge in [-0.15, -0.1) is 0 Å². The van der Waals surface area contributed by atoms with Gasteiger partial charge in [-0.05, 0) is 149 Å². The Labute approximate surface area is 393 Å². The number of rotatable bonds is 10. The van der Waals surface area contributed by atoms with Crippen LogP contribution in [0.2, 0.25) is 0 Å². The van der Waals surface area contributed by atoms with Crippen LogP contribution in [0, 0.1) is 0 Å². The van der Waals surface area contributed by atoms with Crippen molar-refractivity contribution in [1.82, 2.24) is 0 Å². The summed E-state index contributed by atoms with van der Waals surface area (Å²) < 4.78 is 0. The Morgan fingerprint density at radius 1 is 0.299 bits per heavy atom. The zero-order valence-corrected chi connectivity index (χ0v) is 37.1. The van der Waals surface area contributed by atoms with Crippen molar-refractivity contribution >= 4 is 34.7 Å². The Bertz CT molecular complexity index is 3160. The van der Waals surface area contributed by atoms with Crippen molar-refractivity contribution in [2.45, 2.75) is 5.41 Å². The quantitative estimate of drug-likeness (QED) is 0.106. The van der Waals surface area contributed by atoms with Crippen LogP contribution in [0.3, 0.4) is 0 Å². The normalized spacial score (nSPS) is 12.9. The van der Waals surface area contributed by atoms with E-state index < -0.39 is 5.41 Å². The SMILES string of the molecule is Nc1ccc(C2(c3ccc(N)cc3)c3cc(-c4ccc(/C(=C/c5ccccc5)c5ccccc5)cc4)ccc3-c3ccc(-c4ccc(/C(=C/c5ccccc5)c5ccccc5)cc4)cc32)cc1. The minimum absolute atomic E-state index is 0.671. The van der Waals surface area contributed by atoms with E-state index in [0.717, 1.165) is 55.9 Å². The molecule has 1 aliphatic rings. The van der Waals surface area contributed by atoms with Crippen LogP contribution in [-0.2, 0) is 5.41 Å². The molecular formula is C65H48N2. The average molecular weight is 857 g/mol. The molecule has 0 spiro atoms. The molecule has 67 heavy (non-hydrogen) atoms. The van der Waals surface area contributed by atoms with E-state index in [0.29, 0.717) is 0 Å². The van der Waals surface area contributed by atoms with Gasteiger partial charge >= 0.3 is 0 Å². The molecule has 2 nitrogen and oxygen atoms in total. The van der Waals surface area contributed by atoms with Gasteiger partial charge in [-0.25, -0.2) is 0 Å². The molecule has 1 aliphatic carbocycles. The molecule has 0 saturated carbocycles. The van der Waals surface area contributed by atoms with E-state index in [-0.39, 0.29) is 0 Å². The predicted molar refractivity (Wildman–Crippen MR) is 283 cm³/mol. The summed E-state index contributed by atoms with van der Waals surface area (Å²) in [6.45, 7) is 0. The summed E-state index contributed by atoms with van der Waals surface area (Å²) in [5.41, 5.74) is 34.7. The van der Waals surface area contributed by atoms with Gasteiger partial charge in [0.2, 0.25) is 0 Å². The summed E-state index contributed by atoms with van der Waals surface area (Å²) >= 11 is 0. The molecular weight excluding hydrogens is 809 g/mol. The van der Waals surface area contributed by atoms with Crippen molar-refractivity contribution in [3.63, 3.8) is 0 Å². The van der Waals surface area contributed by atoms with E-state index in [1.54, 1.807) is 0 Å². The molecule has 0 atom stereocenters. The zero-order valence-electron chi connectivity index (χ0n) is 37.1. The summed E-state index contributed by atoms with van der Waals surface area (Å²) in [5, 5.41) is 0. The Hall–Kier alpha value is -8.72. The van der Waals surface area contributed by atoms with Crippen molar-refractivity contribution in [3.05, 3.63) is 310 Å². The summed E-state index contributed by atoms with van der Waals surface area (Å²) in [7, 11) is 0. The molecule has 0 bridgehead atoms. The third kappa shape index (κ3) is 7.85. The van der Waals surface area contributed by atoms with E-state index in [1.165, 1.54) is 55.7 Å². The van der Waals surface area contributed by atoms with Crippen LogP contribution in [0.15, 0.2) is 255 Å². The molecule has 318 valence electrons. The van der Waals surface area contributed by atoms with Crippen LogP contribution >= 0.6 is 0 Å². The molecule has 0 aliphatic heterocycles. The van der Waals surface area contributed by atoms with Gasteiger partial charge in [-0.1, -0.05) is 218 Å². The monoisotopic (exact) mass is 856 g/mol.